The number of benzene rings is 1. The van der Waals surface area contributed by atoms with E-state index in [4.69, 9.17) is 4.74 Å². The molecular formula is C17H14F5N5O3. The number of carbonyl (C=O) groups is 2. The molecule has 1 unspecified atom stereocenters. The molecule has 0 fully saturated rings. The van der Waals surface area contributed by atoms with Crippen molar-refractivity contribution in [3.63, 3.8) is 0 Å². The summed E-state index contributed by atoms with van der Waals surface area (Å²) in [4.78, 5) is 28.6. The number of ether oxygens (including phenoxy) is 1. The van der Waals surface area contributed by atoms with Gasteiger partial charge in [0, 0.05) is 18.6 Å². The quantitative estimate of drug-likeness (QED) is 0.710. The van der Waals surface area contributed by atoms with Gasteiger partial charge < -0.3 is 15.4 Å². The summed E-state index contributed by atoms with van der Waals surface area (Å²) in [6.07, 6.45) is -4.26. The zero-order valence-corrected chi connectivity index (χ0v) is 15.1. The number of hydrogen-bond donors (Lipinski definition) is 2. The lowest BCUT2D eigenvalue weighted by atomic mass is 10.1. The van der Waals surface area contributed by atoms with Crippen LogP contribution in [0, 0.1) is 11.6 Å². The second-order valence-corrected chi connectivity index (χ2v) is 6.83. The minimum Gasteiger partial charge on any atom is -0.488 e. The van der Waals surface area contributed by atoms with Crippen molar-refractivity contribution >= 4 is 17.5 Å². The van der Waals surface area contributed by atoms with Gasteiger partial charge in [0.15, 0.2) is 5.82 Å². The first-order valence-corrected chi connectivity index (χ1v) is 8.89. The van der Waals surface area contributed by atoms with Crippen LogP contribution in [0.1, 0.15) is 35.3 Å². The predicted molar refractivity (Wildman–Crippen MR) is 89.8 cm³/mol. The van der Waals surface area contributed by atoms with Crippen molar-refractivity contribution in [2.45, 2.75) is 37.5 Å². The highest BCUT2D eigenvalue weighted by Crippen LogP contribution is 2.37. The van der Waals surface area contributed by atoms with Gasteiger partial charge in [-0.15, -0.1) is 5.10 Å². The Labute approximate surface area is 165 Å². The van der Waals surface area contributed by atoms with Crippen molar-refractivity contribution in [1.82, 2.24) is 20.1 Å². The summed E-state index contributed by atoms with van der Waals surface area (Å²) in [6.45, 7) is -0.466. The molecule has 4 rings (SSSR count). The maximum atomic E-state index is 13.9. The van der Waals surface area contributed by atoms with Crippen molar-refractivity contribution in [2.75, 3.05) is 11.9 Å². The molecule has 30 heavy (non-hydrogen) atoms. The third-order valence-corrected chi connectivity index (χ3v) is 4.75. The highest BCUT2D eigenvalue weighted by atomic mass is 19.4. The summed E-state index contributed by atoms with van der Waals surface area (Å²) in [5.41, 5.74) is -0.387. The van der Waals surface area contributed by atoms with Gasteiger partial charge in [-0.3, -0.25) is 9.59 Å². The molecule has 2 N–H and O–H groups in total. The van der Waals surface area contributed by atoms with Crippen molar-refractivity contribution < 1.29 is 36.3 Å². The van der Waals surface area contributed by atoms with E-state index in [9.17, 15) is 31.5 Å². The van der Waals surface area contributed by atoms with E-state index in [2.05, 4.69) is 20.7 Å². The number of aromatic nitrogens is 3. The summed E-state index contributed by atoms with van der Waals surface area (Å²) >= 11 is 0. The molecule has 1 aromatic heterocycles. The van der Waals surface area contributed by atoms with Gasteiger partial charge in [-0.2, -0.15) is 13.2 Å². The number of carbonyl (C=O) groups excluding carboxylic acids is 2. The number of fused-ring (bicyclic) bond motifs is 2. The van der Waals surface area contributed by atoms with E-state index in [0.717, 1.165) is 6.07 Å². The van der Waals surface area contributed by atoms with Crippen molar-refractivity contribution in [3.05, 3.63) is 35.4 Å². The number of aryl methyl sites for hydroxylation is 1. The highest BCUT2D eigenvalue weighted by Gasteiger charge is 2.44. The molecule has 0 saturated heterocycles. The maximum absolute atomic E-state index is 13.9. The smallest absolute Gasteiger partial charge is 0.410 e. The lowest BCUT2D eigenvalue weighted by molar-refractivity contribution is -0.174. The van der Waals surface area contributed by atoms with Crippen LogP contribution in [0.2, 0.25) is 0 Å². The molecule has 0 aliphatic carbocycles. The van der Waals surface area contributed by atoms with E-state index in [1.54, 1.807) is 0 Å². The molecule has 2 aliphatic heterocycles. The fourth-order valence-electron chi connectivity index (χ4n) is 3.32. The molecule has 2 atom stereocenters. The number of halogens is 5. The van der Waals surface area contributed by atoms with Crippen LogP contribution in [-0.4, -0.2) is 45.4 Å². The summed E-state index contributed by atoms with van der Waals surface area (Å²) in [5.74, 6) is -4.62. The number of alkyl halides is 3. The minimum atomic E-state index is -4.54. The normalized spacial score (nSPS) is 21.0. The Morgan fingerprint density at radius 3 is 2.80 bits per heavy atom. The molecule has 0 saturated carbocycles. The monoisotopic (exact) mass is 431 g/mol. The number of nitrogens with zero attached hydrogens (tertiary/aromatic N) is 3. The first-order valence-electron chi connectivity index (χ1n) is 8.89. The third kappa shape index (κ3) is 3.66. The summed E-state index contributed by atoms with van der Waals surface area (Å²) < 4.78 is 72.6. The van der Waals surface area contributed by atoms with Crippen LogP contribution < -0.4 is 15.4 Å². The predicted octanol–water partition coefficient (Wildman–Crippen LogP) is 2.13. The Morgan fingerprint density at radius 1 is 1.30 bits per heavy atom. The molecule has 2 amide bonds. The summed E-state index contributed by atoms with van der Waals surface area (Å²) in [6, 6.07) is -1.80. The van der Waals surface area contributed by atoms with Crippen LogP contribution in [0.25, 0.3) is 0 Å². The maximum Gasteiger partial charge on any atom is 0.410 e. The Bertz CT molecular complexity index is 1020. The highest BCUT2D eigenvalue weighted by molar-refractivity contribution is 6.01. The third-order valence-electron chi connectivity index (χ3n) is 4.75. The average Bonchev–Trinajstić information content (AvgIpc) is 3.04. The van der Waals surface area contributed by atoms with Gasteiger partial charge in [0.2, 0.25) is 5.82 Å². The van der Waals surface area contributed by atoms with Crippen molar-refractivity contribution in [3.8, 4) is 5.75 Å². The average molecular weight is 431 g/mol. The van der Waals surface area contributed by atoms with E-state index in [-0.39, 0.29) is 36.5 Å². The first-order chi connectivity index (χ1) is 14.1. The number of hydrogen-bond acceptors (Lipinski definition) is 5. The van der Waals surface area contributed by atoms with Crippen LogP contribution in [0.5, 0.6) is 5.75 Å². The van der Waals surface area contributed by atoms with Gasteiger partial charge >= 0.3 is 6.18 Å². The Hall–Kier alpha value is -3.25. The van der Waals surface area contributed by atoms with Crippen LogP contribution in [0.3, 0.4) is 0 Å². The molecular weight excluding hydrogens is 417 g/mol. The van der Waals surface area contributed by atoms with Gasteiger partial charge in [0.1, 0.15) is 41.8 Å². The fraction of sp³-hybridized carbons (Fsp3) is 0.412. The molecule has 8 nitrogen and oxygen atoms in total. The number of anilines is 1. The number of amides is 2. The van der Waals surface area contributed by atoms with Gasteiger partial charge in [0.05, 0.1) is 0 Å². The molecule has 3 heterocycles. The summed E-state index contributed by atoms with van der Waals surface area (Å²) in [5, 5.41) is 8.10. The second kappa shape index (κ2) is 7.22. The summed E-state index contributed by atoms with van der Waals surface area (Å²) in [7, 11) is 0. The van der Waals surface area contributed by atoms with Crippen LogP contribution >= 0.6 is 0 Å². The lowest BCUT2D eigenvalue weighted by Gasteiger charge is -2.25. The zero-order valence-electron chi connectivity index (χ0n) is 15.1. The van der Waals surface area contributed by atoms with E-state index in [0.29, 0.717) is 10.7 Å². The molecule has 13 heteroatoms. The van der Waals surface area contributed by atoms with Crippen LogP contribution in [0.15, 0.2) is 12.1 Å². The van der Waals surface area contributed by atoms with Gasteiger partial charge in [-0.05, 0) is 12.8 Å². The SMILES string of the molecule is O=C(N[C@H]1COc2cc(F)cc(F)c2NC1=O)c1nc2n(n1)C(C(F)(F)F)CCC2. The van der Waals surface area contributed by atoms with E-state index >= 15 is 0 Å². The Morgan fingerprint density at radius 2 is 2.07 bits per heavy atom. The van der Waals surface area contributed by atoms with Gasteiger partial charge in [0.25, 0.3) is 11.8 Å². The van der Waals surface area contributed by atoms with E-state index < -0.39 is 54.1 Å². The number of nitrogens with one attached hydrogen (secondary N) is 2. The second-order valence-electron chi connectivity index (χ2n) is 6.83. The van der Waals surface area contributed by atoms with Gasteiger partial charge in [-0.25, -0.2) is 18.4 Å². The van der Waals surface area contributed by atoms with Gasteiger partial charge in [-0.1, -0.05) is 0 Å². The van der Waals surface area contributed by atoms with Crippen molar-refractivity contribution in [2.24, 2.45) is 0 Å². The first kappa shape index (κ1) is 20.0. The molecule has 2 aliphatic rings. The van der Waals surface area contributed by atoms with E-state index in [1.807, 2.05) is 0 Å². The fourth-order valence-corrected chi connectivity index (χ4v) is 3.32. The van der Waals surface area contributed by atoms with Crippen LogP contribution in [0.4, 0.5) is 27.6 Å². The van der Waals surface area contributed by atoms with E-state index in [1.165, 1.54) is 0 Å². The molecule has 0 spiro atoms. The topological polar surface area (TPSA) is 98.1 Å². The lowest BCUT2D eigenvalue weighted by Crippen LogP contribution is -2.46. The van der Waals surface area contributed by atoms with Crippen molar-refractivity contribution in [1.29, 1.82) is 0 Å². The Balaban J connectivity index is 1.52. The molecule has 2 aromatic rings. The Kier molecular flexibility index (Phi) is 4.82. The molecule has 160 valence electrons. The largest absolute Gasteiger partial charge is 0.488 e. The molecule has 0 radical (unpaired) electrons. The standard InChI is InChI=1S/C17H14F5N5O3/c18-7-4-8(19)13-10(5-7)30-6-9(15(28)25-13)23-16(29)14-24-12-3-1-2-11(17(20,21)22)27(12)26-14/h4-5,9,11H,1-3,6H2,(H,23,29)(H,25,28)/t9-,11?/m0/s1. The van der Waals surface area contributed by atoms with Crippen LogP contribution in [-0.2, 0) is 11.2 Å². The minimum absolute atomic E-state index is 0.0141. The zero-order chi connectivity index (χ0) is 21.6. The molecule has 1 aromatic carbocycles. The molecule has 0 bridgehead atoms. The number of rotatable bonds is 2.